The second-order valence-electron chi connectivity index (χ2n) is 7.43. The van der Waals surface area contributed by atoms with Crippen LogP contribution in [0.25, 0.3) is 0 Å². The molecule has 2 aromatic heterocycles. The Morgan fingerprint density at radius 1 is 1.21 bits per heavy atom. The van der Waals surface area contributed by atoms with Crippen LogP contribution in [-0.2, 0) is 24.8 Å². The molecule has 1 unspecified atom stereocenters. The lowest BCUT2D eigenvalue weighted by atomic mass is 10.0. The summed E-state index contributed by atoms with van der Waals surface area (Å²) in [7, 11) is 1.95. The minimum absolute atomic E-state index is 0.0182. The van der Waals surface area contributed by atoms with Gasteiger partial charge in [-0.25, -0.2) is 0 Å². The molecule has 4 rings (SSSR count). The average Bonchev–Trinajstić information content (AvgIpc) is 3.08. The monoisotopic (exact) mass is 396 g/mol. The second-order valence-corrected chi connectivity index (χ2v) is 7.83. The summed E-state index contributed by atoms with van der Waals surface area (Å²) in [5, 5.41) is 5.07. The summed E-state index contributed by atoms with van der Waals surface area (Å²) in [4.78, 5) is 7.17. The maximum absolute atomic E-state index is 6.35. The van der Waals surface area contributed by atoms with Gasteiger partial charge < -0.3 is 4.74 Å². The fourth-order valence-electron chi connectivity index (χ4n) is 3.73. The van der Waals surface area contributed by atoms with E-state index in [0.717, 1.165) is 48.0 Å². The Kier molecular flexibility index (Phi) is 5.76. The number of nitrogens with zero attached hydrogens (tertiary/aromatic N) is 4. The fraction of sp³-hybridized carbons (Fsp3) is 0.364. The maximum atomic E-state index is 6.35. The molecular weight excluding hydrogens is 372 g/mol. The van der Waals surface area contributed by atoms with Crippen LogP contribution in [0.3, 0.4) is 0 Å². The first-order valence-corrected chi connectivity index (χ1v) is 9.97. The molecule has 1 aromatic carbocycles. The Bertz CT molecular complexity index is 955. The lowest BCUT2D eigenvalue weighted by molar-refractivity contribution is -0.0350. The number of hydrogen-bond acceptors (Lipinski definition) is 4. The topological polar surface area (TPSA) is 43.2 Å². The number of benzene rings is 1. The molecule has 5 nitrogen and oxygen atoms in total. The van der Waals surface area contributed by atoms with Gasteiger partial charge in [-0.15, -0.1) is 0 Å². The third kappa shape index (κ3) is 4.61. The van der Waals surface area contributed by atoms with E-state index in [1.54, 1.807) is 0 Å². The lowest BCUT2D eigenvalue weighted by Crippen LogP contribution is -2.38. The Morgan fingerprint density at radius 2 is 2.07 bits per heavy atom. The number of hydrogen-bond donors (Lipinski definition) is 0. The smallest absolute Gasteiger partial charge is 0.112 e. The normalized spacial score (nSPS) is 17.8. The number of rotatable bonds is 5. The molecule has 1 aliphatic heterocycles. The van der Waals surface area contributed by atoms with Crippen molar-refractivity contribution in [2.24, 2.45) is 7.05 Å². The van der Waals surface area contributed by atoms with Crippen molar-refractivity contribution in [2.75, 3.05) is 19.7 Å². The van der Waals surface area contributed by atoms with E-state index in [1.807, 2.05) is 43.0 Å². The van der Waals surface area contributed by atoms with Gasteiger partial charge in [0.25, 0.3) is 0 Å². The van der Waals surface area contributed by atoms with E-state index in [1.165, 1.54) is 11.1 Å². The van der Waals surface area contributed by atoms with Gasteiger partial charge in [0.15, 0.2) is 0 Å². The van der Waals surface area contributed by atoms with Crippen LogP contribution in [0.15, 0.2) is 48.8 Å². The van der Waals surface area contributed by atoms with Crippen LogP contribution >= 0.6 is 11.6 Å². The molecule has 1 saturated heterocycles. The van der Waals surface area contributed by atoms with Crippen LogP contribution in [-0.4, -0.2) is 39.4 Å². The summed E-state index contributed by atoms with van der Waals surface area (Å²) in [6, 6.07) is 12.3. The van der Waals surface area contributed by atoms with E-state index in [9.17, 15) is 0 Å². The van der Waals surface area contributed by atoms with Crippen LogP contribution in [0, 0.1) is 6.92 Å². The van der Waals surface area contributed by atoms with Gasteiger partial charge in [0.05, 0.1) is 18.5 Å². The molecule has 0 saturated carbocycles. The number of ether oxygens (including phenoxy) is 1. The molecule has 3 heterocycles. The zero-order chi connectivity index (χ0) is 19.5. The maximum Gasteiger partial charge on any atom is 0.112 e. The SMILES string of the molecule is Cc1cc(Cc2ccccc2Cl)cc(C2CN(Cc3cnn(C)c3)CCO2)n1. The molecule has 0 spiro atoms. The van der Waals surface area contributed by atoms with Crippen molar-refractivity contribution < 1.29 is 4.74 Å². The predicted octanol–water partition coefficient (Wildman–Crippen LogP) is 3.94. The first-order valence-electron chi connectivity index (χ1n) is 9.59. The first kappa shape index (κ1) is 19.1. The van der Waals surface area contributed by atoms with Gasteiger partial charge in [0.1, 0.15) is 6.10 Å². The predicted molar refractivity (Wildman–Crippen MR) is 110 cm³/mol. The van der Waals surface area contributed by atoms with Crippen molar-refractivity contribution in [2.45, 2.75) is 26.0 Å². The van der Waals surface area contributed by atoms with Crippen LogP contribution in [0.5, 0.6) is 0 Å². The average molecular weight is 397 g/mol. The van der Waals surface area contributed by atoms with Crippen molar-refractivity contribution in [3.63, 3.8) is 0 Å². The van der Waals surface area contributed by atoms with E-state index in [0.29, 0.717) is 6.61 Å². The third-order valence-electron chi connectivity index (χ3n) is 5.03. The molecule has 3 aromatic rings. The molecule has 1 atom stereocenters. The molecule has 0 radical (unpaired) electrons. The number of morpholine rings is 1. The highest BCUT2D eigenvalue weighted by atomic mass is 35.5. The zero-order valence-electron chi connectivity index (χ0n) is 16.3. The molecule has 0 N–H and O–H groups in total. The molecule has 28 heavy (non-hydrogen) atoms. The quantitative estimate of drug-likeness (QED) is 0.655. The zero-order valence-corrected chi connectivity index (χ0v) is 17.1. The van der Waals surface area contributed by atoms with Crippen molar-refractivity contribution >= 4 is 11.6 Å². The summed E-state index contributed by atoms with van der Waals surface area (Å²) in [6.07, 6.45) is 4.77. The van der Waals surface area contributed by atoms with Gasteiger partial charge in [-0.05, 0) is 42.7 Å². The summed E-state index contributed by atoms with van der Waals surface area (Å²) < 4.78 is 7.91. The van der Waals surface area contributed by atoms with Crippen LogP contribution in [0.1, 0.15) is 34.2 Å². The summed E-state index contributed by atoms with van der Waals surface area (Å²) >= 11 is 6.35. The van der Waals surface area contributed by atoms with Crippen molar-refractivity contribution in [1.29, 1.82) is 0 Å². The van der Waals surface area contributed by atoms with Crippen LogP contribution in [0.2, 0.25) is 5.02 Å². The molecule has 0 amide bonds. The summed E-state index contributed by atoms with van der Waals surface area (Å²) in [6.45, 7) is 5.38. The molecule has 1 aliphatic rings. The van der Waals surface area contributed by atoms with Gasteiger partial charge in [-0.2, -0.15) is 5.10 Å². The summed E-state index contributed by atoms with van der Waals surface area (Å²) in [5.41, 5.74) is 5.57. The Morgan fingerprint density at radius 3 is 2.86 bits per heavy atom. The Hall–Kier alpha value is -2.21. The minimum Gasteiger partial charge on any atom is -0.369 e. The van der Waals surface area contributed by atoms with E-state index < -0.39 is 0 Å². The highest BCUT2D eigenvalue weighted by molar-refractivity contribution is 6.31. The Balaban J connectivity index is 1.50. The molecule has 146 valence electrons. The van der Waals surface area contributed by atoms with Crippen LogP contribution in [0.4, 0.5) is 0 Å². The molecule has 0 bridgehead atoms. The van der Waals surface area contributed by atoms with E-state index in [-0.39, 0.29) is 6.10 Å². The molecular formula is C22H25ClN4O. The largest absolute Gasteiger partial charge is 0.369 e. The molecule has 1 fully saturated rings. The molecule has 6 heteroatoms. The van der Waals surface area contributed by atoms with E-state index in [4.69, 9.17) is 21.3 Å². The summed E-state index contributed by atoms with van der Waals surface area (Å²) in [5.74, 6) is 0. The van der Waals surface area contributed by atoms with E-state index in [2.05, 4.69) is 34.4 Å². The van der Waals surface area contributed by atoms with Gasteiger partial charge in [0.2, 0.25) is 0 Å². The highest BCUT2D eigenvalue weighted by Gasteiger charge is 2.24. The molecule has 0 aliphatic carbocycles. The van der Waals surface area contributed by atoms with Gasteiger partial charge >= 0.3 is 0 Å². The second kappa shape index (κ2) is 8.43. The lowest BCUT2D eigenvalue weighted by Gasteiger charge is -2.32. The standard InChI is InChI=1S/C22H25ClN4O/c1-16-9-17(10-19-5-3-4-6-20(19)23)11-21(25-16)22-15-27(7-8-28-22)14-18-12-24-26(2)13-18/h3-6,9,11-13,22H,7-8,10,14-15H2,1-2H3. The third-order valence-corrected chi connectivity index (χ3v) is 5.40. The minimum atomic E-state index is -0.0182. The van der Waals surface area contributed by atoms with Gasteiger partial charge in [0, 0.05) is 49.2 Å². The highest BCUT2D eigenvalue weighted by Crippen LogP contribution is 2.25. The fourth-order valence-corrected chi connectivity index (χ4v) is 3.94. The van der Waals surface area contributed by atoms with Crippen LogP contribution < -0.4 is 0 Å². The first-order chi connectivity index (χ1) is 13.6. The van der Waals surface area contributed by atoms with Gasteiger partial charge in [-0.3, -0.25) is 14.6 Å². The number of halogens is 1. The van der Waals surface area contributed by atoms with Gasteiger partial charge in [-0.1, -0.05) is 29.8 Å². The van der Waals surface area contributed by atoms with E-state index >= 15 is 0 Å². The van der Waals surface area contributed by atoms with Crippen molar-refractivity contribution in [1.82, 2.24) is 19.7 Å². The number of aryl methyl sites for hydroxylation is 2. The van der Waals surface area contributed by atoms with Crippen molar-refractivity contribution in [3.8, 4) is 0 Å². The number of pyridine rings is 1. The number of aromatic nitrogens is 3. The Labute approximate surface area is 170 Å². The van der Waals surface area contributed by atoms with Crippen molar-refractivity contribution in [3.05, 3.63) is 81.9 Å².